The van der Waals surface area contributed by atoms with Gasteiger partial charge in [-0.25, -0.2) is 4.79 Å². The van der Waals surface area contributed by atoms with Gasteiger partial charge >= 0.3 is 5.97 Å². The molecule has 0 saturated carbocycles. The molecule has 3 amide bonds. The van der Waals surface area contributed by atoms with Gasteiger partial charge in [-0.15, -0.1) is 0 Å². The fraction of sp³-hybridized carbons (Fsp3) is 0.242. The molecule has 2 fully saturated rings. The number of hydrogen-bond acceptors (Lipinski definition) is 6. The molecule has 3 aromatic carbocycles. The zero-order chi connectivity index (χ0) is 31.2. The first-order valence-electron chi connectivity index (χ1n) is 14.2. The number of fused-ring (bicyclic) bond motifs is 2. The van der Waals surface area contributed by atoms with Crippen molar-refractivity contribution in [2.75, 3.05) is 13.7 Å². The summed E-state index contributed by atoms with van der Waals surface area (Å²) in [6.45, 7) is 1.69. The Kier molecular flexibility index (Phi) is 7.73. The van der Waals surface area contributed by atoms with Crippen LogP contribution in [0.5, 0.6) is 0 Å². The number of esters is 1. The number of carbonyl (C=O) groups is 4. The molecule has 0 aliphatic carbocycles. The van der Waals surface area contributed by atoms with Gasteiger partial charge < -0.3 is 14.6 Å². The summed E-state index contributed by atoms with van der Waals surface area (Å²) >= 11 is 12.2. The first-order valence-corrected chi connectivity index (χ1v) is 15.0. The number of benzene rings is 3. The standard InChI is InChI=1S/C33H29ClN4O5S/c1-3-43-31(42)33(17-21-18-35-24-12-8-7-11-23(21)24)26-25(29(40)37(2)30(26)41)27(19-13-15-22(34)16-14-19)38(33)32(44)36-28(39)20-9-5-4-6-10-20/h4-16,18,25-27,35H,3,17H2,1-2H3,(H,36,39,44)/t25-,26-,27-,33-/m0/s1. The van der Waals surface area contributed by atoms with E-state index in [9.17, 15) is 19.2 Å². The third-order valence-electron chi connectivity index (χ3n) is 8.58. The lowest BCUT2D eigenvalue weighted by molar-refractivity contribution is -0.160. The third-order valence-corrected chi connectivity index (χ3v) is 9.14. The monoisotopic (exact) mass is 628 g/mol. The van der Waals surface area contributed by atoms with Crippen LogP contribution in [0.4, 0.5) is 0 Å². The minimum atomic E-state index is -1.80. The molecule has 2 aliphatic rings. The van der Waals surface area contributed by atoms with E-state index in [2.05, 4.69) is 10.3 Å². The van der Waals surface area contributed by atoms with E-state index in [4.69, 9.17) is 28.6 Å². The lowest BCUT2D eigenvalue weighted by Crippen LogP contribution is -2.63. The van der Waals surface area contributed by atoms with Gasteiger partial charge in [0.1, 0.15) is 0 Å². The zero-order valence-electron chi connectivity index (χ0n) is 24.0. The second-order valence-electron chi connectivity index (χ2n) is 10.9. The predicted octanol–water partition coefficient (Wildman–Crippen LogP) is 4.67. The van der Waals surface area contributed by atoms with E-state index in [1.165, 1.54) is 7.05 Å². The summed E-state index contributed by atoms with van der Waals surface area (Å²) in [6, 6.07) is 22.0. The maximum absolute atomic E-state index is 14.5. The van der Waals surface area contributed by atoms with Crippen LogP contribution < -0.4 is 5.32 Å². The average Bonchev–Trinajstić information content (AvgIpc) is 3.65. The number of carbonyl (C=O) groups excluding carboxylic acids is 4. The van der Waals surface area contributed by atoms with Crippen LogP contribution in [0.2, 0.25) is 5.02 Å². The molecule has 3 heterocycles. The summed E-state index contributed by atoms with van der Waals surface area (Å²) in [5, 5.41) is 3.99. The molecule has 4 atom stereocenters. The van der Waals surface area contributed by atoms with E-state index in [-0.39, 0.29) is 18.1 Å². The lowest BCUT2D eigenvalue weighted by atomic mass is 9.75. The van der Waals surface area contributed by atoms with Crippen LogP contribution in [0.1, 0.15) is 34.5 Å². The average molecular weight is 629 g/mol. The van der Waals surface area contributed by atoms with Crippen molar-refractivity contribution >= 4 is 63.5 Å². The van der Waals surface area contributed by atoms with E-state index in [1.807, 2.05) is 24.3 Å². The number of halogens is 1. The number of hydrogen-bond donors (Lipinski definition) is 2. The van der Waals surface area contributed by atoms with Crippen molar-refractivity contribution < 1.29 is 23.9 Å². The van der Waals surface area contributed by atoms with Crippen molar-refractivity contribution in [2.45, 2.75) is 24.9 Å². The molecule has 0 unspecified atom stereocenters. The van der Waals surface area contributed by atoms with Gasteiger partial charge in [0.05, 0.1) is 24.5 Å². The number of imide groups is 1. The Morgan fingerprint density at radius 1 is 1.00 bits per heavy atom. The molecule has 1 aromatic heterocycles. The number of likely N-dealkylation sites (tertiary alicyclic amines) is 2. The van der Waals surface area contributed by atoms with E-state index < -0.39 is 47.1 Å². The predicted molar refractivity (Wildman–Crippen MR) is 169 cm³/mol. The molecule has 4 aromatic rings. The minimum Gasteiger partial charge on any atom is -0.464 e. The molecule has 2 N–H and O–H groups in total. The smallest absolute Gasteiger partial charge is 0.333 e. The summed E-state index contributed by atoms with van der Waals surface area (Å²) < 4.78 is 5.72. The van der Waals surface area contributed by atoms with Crippen LogP contribution in [0.25, 0.3) is 10.9 Å². The number of ether oxygens (including phenoxy) is 1. The van der Waals surface area contributed by atoms with Gasteiger partial charge in [0.25, 0.3) is 5.91 Å². The molecule has 0 spiro atoms. The van der Waals surface area contributed by atoms with Crippen LogP contribution in [0.3, 0.4) is 0 Å². The van der Waals surface area contributed by atoms with Gasteiger partial charge in [-0.2, -0.15) is 0 Å². The van der Waals surface area contributed by atoms with Gasteiger partial charge in [-0.05, 0) is 60.6 Å². The van der Waals surface area contributed by atoms with Crippen LogP contribution in [-0.4, -0.2) is 62.8 Å². The Morgan fingerprint density at radius 3 is 2.39 bits per heavy atom. The highest BCUT2D eigenvalue weighted by molar-refractivity contribution is 7.80. The summed E-state index contributed by atoms with van der Waals surface area (Å²) in [6.07, 6.45) is 1.75. The van der Waals surface area contributed by atoms with Gasteiger partial charge in [-0.3, -0.25) is 24.6 Å². The second-order valence-corrected chi connectivity index (χ2v) is 11.7. The van der Waals surface area contributed by atoms with Crippen LogP contribution >= 0.6 is 23.8 Å². The van der Waals surface area contributed by atoms with Gasteiger partial charge in [-0.1, -0.05) is 60.1 Å². The maximum atomic E-state index is 14.5. The molecular weight excluding hydrogens is 600 g/mol. The number of nitrogens with zero attached hydrogens (tertiary/aromatic N) is 2. The highest BCUT2D eigenvalue weighted by Gasteiger charge is 2.72. The lowest BCUT2D eigenvalue weighted by Gasteiger charge is -2.43. The number of thiocarbonyl (C=S) groups is 1. The summed E-state index contributed by atoms with van der Waals surface area (Å²) in [7, 11) is 1.42. The van der Waals surface area contributed by atoms with Crippen molar-refractivity contribution in [1.29, 1.82) is 0 Å². The Balaban J connectivity index is 1.59. The topological polar surface area (TPSA) is 112 Å². The molecule has 2 saturated heterocycles. The summed E-state index contributed by atoms with van der Waals surface area (Å²) in [4.78, 5) is 61.7. The zero-order valence-corrected chi connectivity index (χ0v) is 25.5. The number of para-hydroxylation sites is 1. The fourth-order valence-electron chi connectivity index (χ4n) is 6.67. The molecule has 0 radical (unpaired) electrons. The highest BCUT2D eigenvalue weighted by Crippen LogP contribution is 2.56. The molecule has 0 bridgehead atoms. The number of amides is 3. The Morgan fingerprint density at radius 2 is 1.68 bits per heavy atom. The molecule has 6 rings (SSSR count). The van der Waals surface area contributed by atoms with Gasteiger partial charge in [0.2, 0.25) is 11.8 Å². The highest BCUT2D eigenvalue weighted by atomic mass is 35.5. The van der Waals surface area contributed by atoms with Crippen molar-refractivity contribution in [3.8, 4) is 0 Å². The Labute approximate surface area is 264 Å². The van der Waals surface area contributed by atoms with Crippen LogP contribution in [0, 0.1) is 11.8 Å². The molecule has 224 valence electrons. The number of aromatic nitrogens is 1. The van der Waals surface area contributed by atoms with Crippen molar-refractivity contribution in [2.24, 2.45) is 11.8 Å². The van der Waals surface area contributed by atoms with Crippen LogP contribution in [-0.2, 0) is 25.5 Å². The van der Waals surface area contributed by atoms with Crippen molar-refractivity contribution in [1.82, 2.24) is 20.1 Å². The largest absolute Gasteiger partial charge is 0.464 e. The molecule has 2 aliphatic heterocycles. The third kappa shape index (κ3) is 4.65. The molecule has 11 heteroatoms. The summed E-state index contributed by atoms with van der Waals surface area (Å²) in [5.41, 5.74) is 0.711. The van der Waals surface area contributed by atoms with Crippen molar-refractivity contribution in [3.63, 3.8) is 0 Å². The molecular formula is C33H29ClN4O5S. The van der Waals surface area contributed by atoms with Crippen molar-refractivity contribution in [3.05, 3.63) is 107 Å². The van der Waals surface area contributed by atoms with E-state index in [1.54, 1.807) is 72.6 Å². The Hall–Kier alpha value is -4.54. The van der Waals surface area contributed by atoms with E-state index in [0.717, 1.165) is 21.4 Å². The van der Waals surface area contributed by atoms with Crippen LogP contribution in [0.15, 0.2) is 85.1 Å². The van der Waals surface area contributed by atoms with E-state index >= 15 is 0 Å². The first kappa shape index (κ1) is 29.5. The normalized spacial score (nSPS) is 22.8. The van der Waals surface area contributed by atoms with Gasteiger partial charge in [0, 0.05) is 41.2 Å². The quantitative estimate of drug-likeness (QED) is 0.181. The Bertz CT molecular complexity index is 1790. The van der Waals surface area contributed by atoms with Gasteiger partial charge in [0.15, 0.2) is 10.7 Å². The van der Waals surface area contributed by atoms with E-state index in [0.29, 0.717) is 16.1 Å². The number of rotatable bonds is 6. The molecule has 44 heavy (non-hydrogen) atoms. The minimum absolute atomic E-state index is 0.0203. The summed E-state index contributed by atoms with van der Waals surface area (Å²) in [5.74, 6) is -4.36. The second kappa shape index (κ2) is 11.5. The number of H-pyrrole nitrogens is 1. The number of aromatic amines is 1. The molecule has 9 nitrogen and oxygen atoms in total. The fourth-order valence-corrected chi connectivity index (χ4v) is 7.17. The SMILES string of the molecule is CCOC(=O)[C@]1(Cc2c[nH]c3ccccc23)[C@@H]2C(=O)N(C)C(=O)[C@@H]2[C@H](c2ccc(Cl)cc2)N1C(=S)NC(=O)c1ccccc1. The maximum Gasteiger partial charge on any atom is 0.333 e. The number of nitrogens with one attached hydrogen (secondary N) is 2. The first-order chi connectivity index (χ1) is 21.2.